The molecule has 3 aromatic rings. The number of nitrogens with zero attached hydrogens (tertiary/aromatic N) is 2. The Morgan fingerprint density at radius 1 is 0.850 bits per heavy atom. The zero-order valence-electron chi connectivity index (χ0n) is 23.3. The first kappa shape index (κ1) is 28.1. The molecule has 0 bridgehead atoms. The van der Waals surface area contributed by atoms with Gasteiger partial charge in [-0.05, 0) is 73.1 Å². The van der Waals surface area contributed by atoms with Crippen molar-refractivity contribution in [2.24, 2.45) is 11.8 Å². The number of likely N-dealkylation sites (tertiary alicyclic amines) is 2. The molecule has 2 heterocycles. The first-order chi connectivity index (χ1) is 19.1. The van der Waals surface area contributed by atoms with Gasteiger partial charge in [-0.15, -0.1) is 0 Å². The number of aryl methyl sites for hydroxylation is 2. The van der Waals surface area contributed by atoms with Crippen LogP contribution in [0.1, 0.15) is 49.9 Å². The molecule has 5 rings (SSSR count). The molecule has 2 amide bonds. The summed E-state index contributed by atoms with van der Waals surface area (Å²) in [4.78, 5) is 31.1. The predicted molar refractivity (Wildman–Crippen MR) is 156 cm³/mol. The number of sulfone groups is 1. The highest BCUT2D eigenvalue weighted by Gasteiger charge is 2.42. The highest BCUT2D eigenvalue weighted by Crippen LogP contribution is 2.33. The van der Waals surface area contributed by atoms with Gasteiger partial charge in [0.1, 0.15) is 0 Å². The molecule has 0 aliphatic carbocycles. The molecule has 1 N–H and O–H groups in total. The number of carbonyl (C=O) groups is 2. The van der Waals surface area contributed by atoms with Gasteiger partial charge in [0.2, 0.25) is 0 Å². The molecule has 2 aliphatic heterocycles. The maximum atomic E-state index is 13.3. The fraction of sp³-hybridized carbons (Fsp3) is 0.375. The smallest absolute Gasteiger partial charge is 0.254 e. The number of amides is 2. The van der Waals surface area contributed by atoms with Crippen LogP contribution in [0, 0.1) is 25.7 Å². The van der Waals surface area contributed by atoms with E-state index >= 15 is 0 Å². The van der Waals surface area contributed by atoms with Crippen LogP contribution in [0.5, 0.6) is 0 Å². The number of hydrogen-bond acceptors (Lipinski definition) is 5. The Bertz CT molecular complexity index is 1450. The number of carbonyl (C=O) groups excluding carboxylic acids is 2. The zero-order valence-corrected chi connectivity index (χ0v) is 24.2. The third-order valence-electron chi connectivity index (χ3n) is 8.33. The largest absolute Gasteiger partial charge is 0.345 e. The number of benzene rings is 3. The van der Waals surface area contributed by atoms with Crippen molar-refractivity contribution in [1.29, 1.82) is 0 Å². The molecule has 2 saturated heterocycles. The molecule has 3 atom stereocenters. The molecule has 0 saturated carbocycles. The lowest BCUT2D eigenvalue weighted by Gasteiger charge is -2.25. The fourth-order valence-corrected chi connectivity index (χ4v) is 6.79. The minimum atomic E-state index is -3.32. The van der Waals surface area contributed by atoms with Crippen molar-refractivity contribution in [3.63, 3.8) is 0 Å². The second-order valence-electron chi connectivity index (χ2n) is 11.3. The van der Waals surface area contributed by atoms with Crippen LogP contribution in [-0.2, 0) is 9.84 Å². The lowest BCUT2D eigenvalue weighted by atomic mass is 10.0. The van der Waals surface area contributed by atoms with Crippen molar-refractivity contribution in [2.45, 2.75) is 31.2 Å². The number of nitrogens with one attached hydrogen (secondary N) is 1. The Labute approximate surface area is 237 Å². The van der Waals surface area contributed by atoms with Crippen LogP contribution in [0.3, 0.4) is 0 Å². The summed E-state index contributed by atoms with van der Waals surface area (Å²) in [5.74, 6) is 0.846. The predicted octanol–water partition coefficient (Wildman–Crippen LogP) is 4.27. The van der Waals surface area contributed by atoms with Gasteiger partial charge in [-0.25, -0.2) is 8.42 Å². The first-order valence-corrected chi connectivity index (χ1v) is 15.7. The molecule has 2 aliphatic rings. The first-order valence-electron chi connectivity index (χ1n) is 13.8. The topological polar surface area (TPSA) is 86.8 Å². The van der Waals surface area contributed by atoms with Crippen LogP contribution in [0.25, 0.3) is 0 Å². The van der Waals surface area contributed by atoms with Gasteiger partial charge >= 0.3 is 0 Å². The van der Waals surface area contributed by atoms with Gasteiger partial charge in [0.05, 0.1) is 10.9 Å². The van der Waals surface area contributed by atoms with Gasteiger partial charge in [0, 0.05) is 50.1 Å². The summed E-state index contributed by atoms with van der Waals surface area (Å²) in [7, 11) is -3.32. The van der Waals surface area contributed by atoms with E-state index in [9.17, 15) is 18.0 Å². The second-order valence-corrected chi connectivity index (χ2v) is 13.3. The maximum absolute atomic E-state index is 13.3. The summed E-state index contributed by atoms with van der Waals surface area (Å²) in [5, 5.41) is 3.16. The minimum absolute atomic E-state index is 0.146. The number of hydrogen-bond donors (Lipinski definition) is 1. The Morgan fingerprint density at radius 3 is 2.02 bits per heavy atom. The molecule has 210 valence electrons. The van der Waals surface area contributed by atoms with Crippen molar-refractivity contribution in [3.8, 4) is 0 Å². The van der Waals surface area contributed by atoms with Crippen molar-refractivity contribution < 1.29 is 18.0 Å². The standard InChI is InChI=1S/C32H37N3O4S/c1-22-8-7-9-23(2)30(22)32(37)35-20-26-18-34(19-27(26)21-35)17-16-29(24-10-5-4-6-11-24)33-31(36)25-12-14-28(15-13-25)40(3,38)39/h4-15,26-27,29H,16-21H2,1-3H3,(H,33,36)/t26?,27?,29-/m0/s1. The number of rotatable bonds is 8. The lowest BCUT2D eigenvalue weighted by molar-refractivity contribution is 0.0772. The second kappa shape index (κ2) is 11.6. The Balaban J connectivity index is 1.20. The summed E-state index contributed by atoms with van der Waals surface area (Å²) in [6.07, 6.45) is 1.90. The van der Waals surface area contributed by atoms with Crippen LogP contribution in [0.2, 0.25) is 0 Å². The van der Waals surface area contributed by atoms with E-state index in [2.05, 4.69) is 10.2 Å². The summed E-state index contributed by atoms with van der Waals surface area (Å²) in [5.41, 5.74) is 4.37. The van der Waals surface area contributed by atoms with Crippen LogP contribution >= 0.6 is 0 Å². The third kappa shape index (κ3) is 6.13. The molecule has 0 radical (unpaired) electrons. The van der Waals surface area contributed by atoms with Crippen molar-refractivity contribution in [2.75, 3.05) is 39.0 Å². The van der Waals surface area contributed by atoms with Crippen LogP contribution in [0.4, 0.5) is 0 Å². The van der Waals surface area contributed by atoms with E-state index in [0.29, 0.717) is 17.4 Å². The quantitative estimate of drug-likeness (QED) is 0.446. The molecular formula is C32H37N3O4S. The Morgan fingerprint density at radius 2 is 1.45 bits per heavy atom. The third-order valence-corrected chi connectivity index (χ3v) is 9.46. The molecule has 2 fully saturated rings. The molecule has 40 heavy (non-hydrogen) atoms. The molecule has 7 nitrogen and oxygen atoms in total. The van der Waals surface area contributed by atoms with E-state index in [1.54, 1.807) is 12.1 Å². The van der Waals surface area contributed by atoms with E-state index in [-0.39, 0.29) is 22.8 Å². The molecule has 0 aromatic heterocycles. The van der Waals surface area contributed by atoms with Crippen LogP contribution in [-0.4, -0.2) is 69.0 Å². The molecule has 0 spiro atoms. The zero-order chi connectivity index (χ0) is 28.4. The molecule has 3 aromatic carbocycles. The van der Waals surface area contributed by atoms with Gasteiger partial charge in [-0.1, -0.05) is 48.5 Å². The van der Waals surface area contributed by atoms with Gasteiger partial charge in [0.25, 0.3) is 11.8 Å². The lowest BCUT2D eigenvalue weighted by Crippen LogP contribution is -2.35. The van der Waals surface area contributed by atoms with Gasteiger partial charge < -0.3 is 15.1 Å². The van der Waals surface area contributed by atoms with Crippen LogP contribution < -0.4 is 5.32 Å². The normalized spacial score (nSPS) is 19.8. The van der Waals surface area contributed by atoms with Gasteiger partial charge in [-0.3, -0.25) is 9.59 Å². The van der Waals surface area contributed by atoms with E-state index in [1.165, 1.54) is 12.1 Å². The summed E-state index contributed by atoms with van der Waals surface area (Å²) in [6, 6.07) is 21.8. The SMILES string of the molecule is Cc1cccc(C)c1C(=O)N1CC2CN(CC[C@H](NC(=O)c3ccc(S(C)(=O)=O)cc3)c3ccccc3)CC2C1. The van der Waals surface area contributed by atoms with Crippen molar-refractivity contribution >= 4 is 21.7 Å². The summed E-state index contributed by atoms with van der Waals surface area (Å²) in [6.45, 7) is 8.32. The highest BCUT2D eigenvalue weighted by molar-refractivity contribution is 7.90. The molecule has 8 heteroatoms. The van der Waals surface area contributed by atoms with E-state index in [1.807, 2.05) is 67.3 Å². The van der Waals surface area contributed by atoms with E-state index < -0.39 is 9.84 Å². The minimum Gasteiger partial charge on any atom is -0.345 e. The van der Waals surface area contributed by atoms with E-state index in [0.717, 1.165) is 67.7 Å². The highest BCUT2D eigenvalue weighted by atomic mass is 32.2. The Kier molecular flexibility index (Phi) is 8.10. The van der Waals surface area contributed by atoms with Crippen molar-refractivity contribution in [1.82, 2.24) is 15.1 Å². The fourth-order valence-electron chi connectivity index (χ4n) is 6.16. The molecule has 2 unspecified atom stereocenters. The maximum Gasteiger partial charge on any atom is 0.254 e. The van der Waals surface area contributed by atoms with Gasteiger partial charge in [0.15, 0.2) is 9.84 Å². The average Bonchev–Trinajstić information content (AvgIpc) is 3.50. The summed E-state index contributed by atoms with van der Waals surface area (Å²) >= 11 is 0. The van der Waals surface area contributed by atoms with Crippen LogP contribution in [0.15, 0.2) is 77.7 Å². The Hall–Kier alpha value is -3.49. The van der Waals surface area contributed by atoms with Crippen molar-refractivity contribution in [3.05, 3.63) is 101 Å². The monoisotopic (exact) mass is 559 g/mol. The van der Waals surface area contributed by atoms with E-state index in [4.69, 9.17) is 0 Å². The summed E-state index contributed by atoms with van der Waals surface area (Å²) < 4.78 is 23.6. The average molecular weight is 560 g/mol. The molecular weight excluding hydrogens is 522 g/mol. The number of fused-ring (bicyclic) bond motifs is 1. The van der Waals surface area contributed by atoms with Gasteiger partial charge in [-0.2, -0.15) is 0 Å².